The molecule has 2 rings (SSSR count). The summed E-state index contributed by atoms with van der Waals surface area (Å²) in [5.74, 6) is 0.850. The molecule has 3 heteroatoms. The lowest BCUT2D eigenvalue weighted by Gasteiger charge is -2.40. The minimum absolute atomic E-state index is 0.391. The summed E-state index contributed by atoms with van der Waals surface area (Å²) in [5.41, 5.74) is 6.33. The van der Waals surface area contributed by atoms with E-state index in [-0.39, 0.29) is 0 Å². The van der Waals surface area contributed by atoms with Crippen LogP contribution in [0.2, 0.25) is 0 Å². The molecule has 4 unspecified atom stereocenters. The van der Waals surface area contributed by atoms with Gasteiger partial charge in [0.25, 0.3) is 0 Å². The Morgan fingerprint density at radius 3 is 2.78 bits per heavy atom. The summed E-state index contributed by atoms with van der Waals surface area (Å²) in [6.07, 6.45) is 6.56. The normalized spacial score (nSPS) is 38.5. The topological polar surface area (TPSA) is 32.5 Å². The van der Waals surface area contributed by atoms with Gasteiger partial charge in [-0.15, -0.1) is 0 Å². The minimum atomic E-state index is 0.391. The Morgan fingerprint density at radius 1 is 1.28 bits per heavy atom. The third-order valence-electron chi connectivity index (χ3n) is 5.10. The maximum Gasteiger partial charge on any atom is 0.0247 e. The minimum Gasteiger partial charge on any atom is -0.326 e. The summed E-state index contributed by atoms with van der Waals surface area (Å²) in [7, 11) is 2.29. The van der Waals surface area contributed by atoms with Gasteiger partial charge in [0.05, 0.1) is 0 Å². The third-order valence-corrected chi connectivity index (χ3v) is 5.10. The molecule has 1 aliphatic carbocycles. The number of nitrogens with two attached hydrogens (primary N) is 1. The average Bonchev–Trinajstić information content (AvgIpc) is 2.79. The van der Waals surface area contributed by atoms with E-state index in [1.165, 1.54) is 51.7 Å². The Bertz CT molecular complexity index is 256. The van der Waals surface area contributed by atoms with E-state index in [1.807, 2.05) is 0 Å². The van der Waals surface area contributed by atoms with E-state index < -0.39 is 0 Å². The fourth-order valence-corrected chi connectivity index (χ4v) is 3.87. The van der Waals surface area contributed by atoms with E-state index in [4.69, 9.17) is 5.73 Å². The maximum atomic E-state index is 6.33. The van der Waals surface area contributed by atoms with Crippen LogP contribution in [-0.2, 0) is 0 Å². The van der Waals surface area contributed by atoms with E-state index in [1.54, 1.807) is 0 Å². The molecule has 1 saturated carbocycles. The molecule has 1 saturated heterocycles. The molecule has 0 aromatic rings. The van der Waals surface area contributed by atoms with Crippen molar-refractivity contribution in [3.63, 3.8) is 0 Å². The van der Waals surface area contributed by atoms with Crippen molar-refractivity contribution in [3.8, 4) is 0 Å². The second kappa shape index (κ2) is 6.36. The van der Waals surface area contributed by atoms with Gasteiger partial charge in [0.2, 0.25) is 0 Å². The van der Waals surface area contributed by atoms with E-state index in [0.717, 1.165) is 12.0 Å². The second-order valence-electron chi connectivity index (χ2n) is 6.51. The van der Waals surface area contributed by atoms with Crippen molar-refractivity contribution in [1.29, 1.82) is 0 Å². The Kier molecular flexibility index (Phi) is 5.05. The molecule has 2 N–H and O–H groups in total. The summed E-state index contributed by atoms with van der Waals surface area (Å²) < 4.78 is 0. The van der Waals surface area contributed by atoms with Crippen molar-refractivity contribution in [2.45, 2.75) is 64.1 Å². The molecule has 0 amide bonds. The molecule has 1 aliphatic heterocycles. The number of hydrogen-bond acceptors (Lipinski definition) is 3. The largest absolute Gasteiger partial charge is 0.326 e. The number of nitrogens with zero attached hydrogens (tertiary/aromatic N) is 2. The molecule has 2 fully saturated rings. The highest BCUT2D eigenvalue weighted by Gasteiger charge is 2.32. The van der Waals surface area contributed by atoms with Crippen LogP contribution in [0.1, 0.15) is 46.0 Å². The predicted octanol–water partition coefficient (Wildman–Crippen LogP) is 1.92. The van der Waals surface area contributed by atoms with E-state index in [9.17, 15) is 0 Å². The zero-order valence-electron chi connectivity index (χ0n) is 12.4. The first-order valence-electron chi connectivity index (χ1n) is 7.81. The monoisotopic (exact) mass is 253 g/mol. The second-order valence-corrected chi connectivity index (χ2v) is 6.51. The lowest BCUT2D eigenvalue weighted by atomic mass is 9.83. The van der Waals surface area contributed by atoms with Crippen LogP contribution in [-0.4, -0.2) is 54.6 Å². The summed E-state index contributed by atoms with van der Waals surface area (Å²) in [5, 5.41) is 0. The molecular formula is C15H31N3. The zero-order chi connectivity index (χ0) is 13.1. The molecular weight excluding hydrogens is 222 g/mol. The first kappa shape index (κ1) is 14.3. The van der Waals surface area contributed by atoms with Crippen LogP contribution in [0.5, 0.6) is 0 Å². The van der Waals surface area contributed by atoms with Gasteiger partial charge in [-0.1, -0.05) is 13.8 Å². The Balaban J connectivity index is 1.88. The van der Waals surface area contributed by atoms with E-state index in [0.29, 0.717) is 12.1 Å². The van der Waals surface area contributed by atoms with Crippen LogP contribution < -0.4 is 5.73 Å². The average molecular weight is 253 g/mol. The number of likely N-dealkylation sites (N-methyl/N-ethyl adjacent to an activating group) is 2. The van der Waals surface area contributed by atoms with Crippen LogP contribution in [0, 0.1) is 5.92 Å². The Hall–Kier alpha value is -0.120. The number of likely N-dealkylation sites (tertiary alicyclic amines) is 1. The molecule has 1 heterocycles. The van der Waals surface area contributed by atoms with Gasteiger partial charge < -0.3 is 10.6 Å². The van der Waals surface area contributed by atoms with E-state index >= 15 is 0 Å². The first-order chi connectivity index (χ1) is 8.61. The summed E-state index contributed by atoms with van der Waals surface area (Å²) in [6, 6.07) is 1.76. The highest BCUT2D eigenvalue weighted by Crippen LogP contribution is 2.27. The fraction of sp³-hybridized carbons (Fsp3) is 1.00. The van der Waals surface area contributed by atoms with Crippen LogP contribution in [0.4, 0.5) is 0 Å². The van der Waals surface area contributed by atoms with Crippen molar-refractivity contribution >= 4 is 0 Å². The quantitative estimate of drug-likeness (QED) is 0.831. The van der Waals surface area contributed by atoms with Gasteiger partial charge in [-0.25, -0.2) is 0 Å². The highest BCUT2D eigenvalue weighted by atomic mass is 15.2. The van der Waals surface area contributed by atoms with Crippen molar-refractivity contribution < 1.29 is 0 Å². The summed E-state index contributed by atoms with van der Waals surface area (Å²) >= 11 is 0. The Labute approximate surface area is 113 Å². The lowest BCUT2D eigenvalue weighted by molar-refractivity contribution is 0.110. The zero-order valence-corrected chi connectivity index (χ0v) is 12.4. The van der Waals surface area contributed by atoms with Gasteiger partial charge in [-0.05, 0) is 58.2 Å². The van der Waals surface area contributed by atoms with Gasteiger partial charge in [-0.3, -0.25) is 4.90 Å². The van der Waals surface area contributed by atoms with Gasteiger partial charge in [-0.2, -0.15) is 0 Å². The predicted molar refractivity (Wildman–Crippen MR) is 77.7 cm³/mol. The molecule has 18 heavy (non-hydrogen) atoms. The van der Waals surface area contributed by atoms with Gasteiger partial charge in [0.15, 0.2) is 0 Å². The van der Waals surface area contributed by atoms with Crippen LogP contribution in [0.15, 0.2) is 0 Å². The summed E-state index contributed by atoms with van der Waals surface area (Å²) in [4.78, 5) is 5.19. The Morgan fingerprint density at radius 2 is 2.06 bits per heavy atom. The molecule has 4 atom stereocenters. The molecule has 0 spiro atoms. The standard InChI is InChI=1S/C15H31N3/c1-4-18-9-5-6-13(18)11-17(3)15-10-12(2)7-8-14(15)16/h12-15H,4-11,16H2,1-3H3. The lowest BCUT2D eigenvalue weighted by Crippen LogP contribution is -2.52. The van der Waals surface area contributed by atoms with Gasteiger partial charge in [0, 0.05) is 24.7 Å². The van der Waals surface area contributed by atoms with Crippen molar-refractivity contribution in [2.24, 2.45) is 11.7 Å². The molecule has 3 nitrogen and oxygen atoms in total. The van der Waals surface area contributed by atoms with E-state index in [2.05, 4.69) is 30.7 Å². The smallest absolute Gasteiger partial charge is 0.0247 e. The number of rotatable bonds is 4. The van der Waals surface area contributed by atoms with Crippen LogP contribution in [0.25, 0.3) is 0 Å². The maximum absolute atomic E-state index is 6.33. The van der Waals surface area contributed by atoms with Gasteiger partial charge >= 0.3 is 0 Å². The molecule has 0 aromatic heterocycles. The fourth-order valence-electron chi connectivity index (χ4n) is 3.87. The molecule has 106 valence electrons. The SMILES string of the molecule is CCN1CCCC1CN(C)C1CC(C)CCC1N. The molecule has 2 aliphatic rings. The van der Waals surface area contributed by atoms with Gasteiger partial charge in [0.1, 0.15) is 0 Å². The van der Waals surface area contributed by atoms with Crippen LogP contribution >= 0.6 is 0 Å². The summed E-state index contributed by atoms with van der Waals surface area (Å²) in [6.45, 7) is 8.36. The van der Waals surface area contributed by atoms with Crippen LogP contribution in [0.3, 0.4) is 0 Å². The number of hydrogen-bond donors (Lipinski definition) is 1. The highest BCUT2D eigenvalue weighted by molar-refractivity contribution is 4.90. The molecule has 0 bridgehead atoms. The first-order valence-corrected chi connectivity index (χ1v) is 7.81. The van der Waals surface area contributed by atoms with Crippen molar-refractivity contribution in [3.05, 3.63) is 0 Å². The van der Waals surface area contributed by atoms with Crippen molar-refractivity contribution in [2.75, 3.05) is 26.7 Å². The molecule has 0 aromatic carbocycles. The van der Waals surface area contributed by atoms with Crippen molar-refractivity contribution in [1.82, 2.24) is 9.80 Å². The third kappa shape index (κ3) is 3.25. The molecule has 0 radical (unpaired) electrons.